The van der Waals surface area contributed by atoms with Gasteiger partial charge in [-0.2, -0.15) is 0 Å². The Balaban J connectivity index is 1.08. The molecule has 0 saturated carbocycles. The highest BCUT2D eigenvalue weighted by atomic mass is 16.2. The number of aliphatic imine (C=N–C) groups is 1. The van der Waals surface area contributed by atoms with Gasteiger partial charge in [0.25, 0.3) is 5.91 Å². The van der Waals surface area contributed by atoms with Crippen LogP contribution >= 0.6 is 0 Å². The maximum Gasteiger partial charge on any atom is 0.253 e. The van der Waals surface area contributed by atoms with Gasteiger partial charge in [-0.25, -0.2) is 0 Å². The number of para-hydroxylation sites is 1. The molecule has 5 rings (SSSR count). The summed E-state index contributed by atoms with van der Waals surface area (Å²) >= 11 is 0. The Morgan fingerprint density at radius 1 is 0.842 bits per heavy atom. The Morgan fingerprint density at radius 3 is 2.37 bits per heavy atom. The fourth-order valence-corrected chi connectivity index (χ4v) is 5.73. The molecule has 3 aromatic carbocycles. The summed E-state index contributed by atoms with van der Waals surface area (Å²) in [6, 6.07) is 25.6. The lowest BCUT2D eigenvalue weighted by molar-refractivity contribution is 0.0628. The van der Waals surface area contributed by atoms with E-state index in [-0.39, 0.29) is 5.91 Å². The molecule has 0 radical (unpaired) electrons. The molecular formula is C34H41N3O. The molecule has 4 heteroatoms. The van der Waals surface area contributed by atoms with Crippen molar-refractivity contribution in [1.82, 2.24) is 9.80 Å². The van der Waals surface area contributed by atoms with Gasteiger partial charge in [-0.1, -0.05) is 74.5 Å². The number of carbonyl (C=O) groups is 1. The van der Waals surface area contributed by atoms with Crippen molar-refractivity contribution in [3.63, 3.8) is 0 Å². The third-order valence-corrected chi connectivity index (χ3v) is 8.48. The van der Waals surface area contributed by atoms with E-state index < -0.39 is 0 Å². The highest BCUT2D eigenvalue weighted by Gasteiger charge is 2.22. The molecule has 0 spiro atoms. The Labute approximate surface area is 228 Å². The molecule has 0 N–H and O–H groups in total. The summed E-state index contributed by atoms with van der Waals surface area (Å²) in [7, 11) is 0. The third kappa shape index (κ3) is 6.60. The third-order valence-electron chi connectivity index (χ3n) is 8.48. The van der Waals surface area contributed by atoms with Crippen LogP contribution in [-0.4, -0.2) is 48.1 Å². The molecule has 3 aromatic rings. The minimum absolute atomic E-state index is 0.159. The number of fused-ring (bicyclic) bond motifs is 1. The summed E-state index contributed by atoms with van der Waals surface area (Å²) in [5, 5.41) is 0. The number of carbonyl (C=O) groups excluding carboxylic acids is 1. The molecule has 1 amide bonds. The molecule has 1 saturated heterocycles. The minimum Gasteiger partial charge on any atom is -0.336 e. The quantitative estimate of drug-likeness (QED) is 0.322. The monoisotopic (exact) mass is 507 g/mol. The molecule has 2 unspecified atom stereocenters. The lowest BCUT2D eigenvalue weighted by Gasteiger charge is -2.34. The van der Waals surface area contributed by atoms with Crippen molar-refractivity contribution < 1.29 is 4.79 Å². The van der Waals surface area contributed by atoms with E-state index in [1.165, 1.54) is 27.9 Å². The molecule has 0 aliphatic carbocycles. The van der Waals surface area contributed by atoms with E-state index in [1.807, 2.05) is 17.0 Å². The fraction of sp³-hybridized carbons (Fsp3) is 0.412. The van der Waals surface area contributed by atoms with Crippen molar-refractivity contribution >= 4 is 17.8 Å². The molecule has 2 aliphatic heterocycles. The zero-order chi connectivity index (χ0) is 26.3. The molecule has 1 fully saturated rings. The first kappa shape index (κ1) is 26.4. The predicted octanol–water partition coefficient (Wildman–Crippen LogP) is 6.74. The van der Waals surface area contributed by atoms with E-state index in [4.69, 9.17) is 4.99 Å². The van der Waals surface area contributed by atoms with Gasteiger partial charge in [0, 0.05) is 44.5 Å². The number of benzene rings is 3. The number of nitrogens with zero attached hydrogens (tertiary/aromatic N) is 3. The van der Waals surface area contributed by atoms with Crippen molar-refractivity contribution in [2.24, 2.45) is 16.8 Å². The van der Waals surface area contributed by atoms with E-state index in [1.54, 1.807) is 0 Å². The van der Waals surface area contributed by atoms with E-state index in [0.717, 1.165) is 70.4 Å². The van der Waals surface area contributed by atoms with E-state index in [0.29, 0.717) is 11.8 Å². The standard InChI is InChI=1S/C34H41N3O/c1-26(27(2)24-32-11-6-10-30-12-7-19-35-33(30)32)13-14-28-15-17-31(18-16-28)34(38)37-22-20-36(21-23-37)25-29-8-4-3-5-9-29/h3-6,8-11,15-19,26-27H,7,12-14,20-25H2,1-2H3. The van der Waals surface area contributed by atoms with Crippen LogP contribution in [0.3, 0.4) is 0 Å². The first-order valence-corrected chi connectivity index (χ1v) is 14.3. The van der Waals surface area contributed by atoms with Crippen molar-refractivity contribution in [3.05, 3.63) is 101 Å². The largest absolute Gasteiger partial charge is 0.336 e. The summed E-state index contributed by atoms with van der Waals surface area (Å²) in [4.78, 5) is 22.3. The van der Waals surface area contributed by atoms with Crippen LogP contribution in [0.1, 0.15) is 59.3 Å². The second kappa shape index (κ2) is 12.5. The van der Waals surface area contributed by atoms with Gasteiger partial charge in [0.1, 0.15) is 0 Å². The SMILES string of the molecule is CC(CCc1ccc(C(=O)N2CCN(Cc3ccccc3)CC2)cc1)C(C)Cc1cccc2c1N=CCC2. The highest BCUT2D eigenvalue weighted by molar-refractivity contribution is 5.94. The van der Waals surface area contributed by atoms with Gasteiger partial charge in [-0.3, -0.25) is 14.7 Å². The van der Waals surface area contributed by atoms with Gasteiger partial charge in [-0.15, -0.1) is 0 Å². The van der Waals surface area contributed by atoms with Crippen LogP contribution in [0.25, 0.3) is 0 Å². The number of hydrogen-bond donors (Lipinski definition) is 0. The van der Waals surface area contributed by atoms with Gasteiger partial charge in [-0.05, 0) is 78.3 Å². The zero-order valence-electron chi connectivity index (χ0n) is 23.0. The van der Waals surface area contributed by atoms with Gasteiger partial charge in [0.2, 0.25) is 0 Å². The highest BCUT2D eigenvalue weighted by Crippen LogP contribution is 2.32. The maximum atomic E-state index is 13.1. The van der Waals surface area contributed by atoms with Crippen molar-refractivity contribution in [2.75, 3.05) is 26.2 Å². The van der Waals surface area contributed by atoms with Crippen LogP contribution in [0.4, 0.5) is 5.69 Å². The van der Waals surface area contributed by atoms with Gasteiger partial charge in [0.05, 0.1) is 5.69 Å². The van der Waals surface area contributed by atoms with E-state index in [9.17, 15) is 4.79 Å². The number of hydrogen-bond acceptors (Lipinski definition) is 3. The second-order valence-electron chi connectivity index (χ2n) is 11.2. The van der Waals surface area contributed by atoms with Crippen molar-refractivity contribution in [1.29, 1.82) is 0 Å². The average molecular weight is 508 g/mol. The van der Waals surface area contributed by atoms with Crippen molar-refractivity contribution in [2.45, 2.75) is 52.5 Å². The molecule has 4 nitrogen and oxygen atoms in total. The van der Waals surface area contributed by atoms with Crippen LogP contribution in [0, 0.1) is 11.8 Å². The van der Waals surface area contributed by atoms with Gasteiger partial charge < -0.3 is 4.90 Å². The summed E-state index contributed by atoms with van der Waals surface area (Å²) in [6.45, 7) is 9.13. The molecule has 2 atom stereocenters. The number of rotatable bonds is 9. The Morgan fingerprint density at radius 2 is 1.61 bits per heavy atom. The molecular weight excluding hydrogens is 466 g/mol. The van der Waals surface area contributed by atoms with Crippen LogP contribution < -0.4 is 0 Å². The van der Waals surface area contributed by atoms with Crippen LogP contribution in [0.5, 0.6) is 0 Å². The van der Waals surface area contributed by atoms with E-state index in [2.05, 4.69) is 85.6 Å². The zero-order valence-corrected chi connectivity index (χ0v) is 23.0. The number of piperazine rings is 1. The fourth-order valence-electron chi connectivity index (χ4n) is 5.73. The van der Waals surface area contributed by atoms with Crippen LogP contribution in [0.2, 0.25) is 0 Å². The molecule has 0 bridgehead atoms. The van der Waals surface area contributed by atoms with Gasteiger partial charge >= 0.3 is 0 Å². The lowest BCUT2D eigenvalue weighted by Crippen LogP contribution is -2.48. The maximum absolute atomic E-state index is 13.1. The topological polar surface area (TPSA) is 35.9 Å². The van der Waals surface area contributed by atoms with Crippen molar-refractivity contribution in [3.8, 4) is 0 Å². The smallest absolute Gasteiger partial charge is 0.253 e. The summed E-state index contributed by atoms with van der Waals surface area (Å²) in [5.41, 5.74) is 7.46. The summed E-state index contributed by atoms with van der Waals surface area (Å²) in [6.07, 6.45) is 7.51. The van der Waals surface area contributed by atoms with Crippen LogP contribution in [0.15, 0.2) is 77.8 Å². The van der Waals surface area contributed by atoms with Gasteiger partial charge in [0.15, 0.2) is 0 Å². The molecule has 198 valence electrons. The lowest BCUT2D eigenvalue weighted by atomic mass is 9.84. The molecule has 38 heavy (non-hydrogen) atoms. The predicted molar refractivity (Wildman–Crippen MR) is 157 cm³/mol. The summed E-state index contributed by atoms with van der Waals surface area (Å²) in [5.74, 6) is 1.37. The summed E-state index contributed by atoms with van der Waals surface area (Å²) < 4.78 is 0. The second-order valence-corrected chi connectivity index (χ2v) is 11.2. The van der Waals surface area contributed by atoms with E-state index >= 15 is 0 Å². The average Bonchev–Trinajstić information content (AvgIpc) is 2.97. The first-order chi connectivity index (χ1) is 18.6. The minimum atomic E-state index is 0.159. The Hall–Kier alpha value is -3.24. The molecule has 0 aromatic heterocycles. The Bertz CT molecular complexity index is 1230. The van der Waals surface area contributed by atoms with Crippen LogP contribution in [-0.2, 0) is 25.8 Å². The normalized spacial score (nSPS) is 17.2. The first-order valence-electron chi connectivity index (χ1n) is 14.3. The number of aryl methyl sites for hydroxylation is 2. The Kier molecular flexibility index (Phi) is 8.70. The number of amides is 1. The molecule has 2 heterocycles. The molecule has 2 aliphatic rings.